The van der Waals surface area contributed by atoms with Crippen molar-refractivity contribution >= 4 is 5.97 Å². The third kappa shape index (κ3) is 1.87. The molecule has 0 bridgehead atoms. The lowest BCUT2D eigenvalue weighted by Gasteiger charge is -2.23. The fraction of sp³-hybridized carbons (Fsp3) is 0.833. The molecule has 0 aromatic carbocycles. The highest BCUT2D eigenvalue weighted by Gasteiger charge is 2.40. The van der Waals surface area contributed by atoms with E-state index < -0.39 is 18.4 Å². The molecule has 66 valence electrons. The van der Waals surface area contributed by atoms with Crippen molar-refractivity contribution < 1.29 is 23.4 Å². The van der Waals surface area contributed by atoms with Crippen molar-refractivity contribution in [1.29, 1.82) is 0 Å². The van der Waals surface area contributed by atoms with E-state index in [0.717, 1.165) is 7.11 Å². The molecular formula is C6H11FO4. The van der Waals surface area contributed by atoms with E-state index in [-0.39, 0.29) is 0 Å². The number of esters is 1. The van der Waals surface area contributed by atoms with Crippen molar-refractivity contribution in [2.45, 2.75) is 5.79 Å². The highest BCUT2D eigenvalue weighted by atomic mass is 19.1. The summed E-state index contributed by atoms with van der Waals surface area (Å²) in [6.45, 7) is -1.08. The fourth-order valence-electron chi connectivity index (χ4n) is 0.569. The van der Waals surface area contributed by atoms with E-state index in [1.165, 1.54) is 14.2 Å². The second-order valence-electron chi connectivity index (χ2n) is 1.79. The summed E-state index contributed by atoms with van der Waals surface area (Å²) in [5.41, 5.74) is 0. The van der Waals surface area contributed by atoms with E-state index in [4.69, 9.17) is 0 Å². The summed E-state index contributed by atoms with van der Waals surface area (Å²) in [6.07, 6.45) is 0. The van der Waals surface area contributed by atoms with Crippen LogP contribution in [0.2, 0.25) is 0 Å². The minimum absolute atomic E-state index is 0.884. The molecule has 0 saturated carbocycles. The Morgan fingerprint density at radius 3 is 1.91 bits per heavy atom. The third-order valence-electron chi connectivity index (χ3n) is 1.33. The average Bonchev–Trinajstić information content (AvgIpc) is 2.08. The summed E-state index contributed by atoms with van der Waals surface area (Å²) in [4.78, 5) is 10.8. The van der Waals surface area contributed by atoms with Crippen molar-refractivity contribution in [3.63, 3.8) is 0 Å². The summed E-state index contributed by atoms with van der Waals surface area (Å²) in [5, 5.41) is 0. The largest absolute Gasteiger partial charge is 0.465 e. The van der Waals surface area contributed by atoms with E-state index in [1.54, 1.807) is 0 Å². The van der Waals surface area contributed by atoms with Crippen LogP contribution >= 0.6 is 0 Å². The van der Waals surface area contributed by atoms with Crippen LogP contribution in [0.3, 0.4) is 0 Å². The summed E-state index contributed by atoms with van der Waals surface area (Å²) in [7, 11) is 3.46. The van der Waals surface area contributed by atoms with Gasteiger partial charge in [0.15, 0.2) is 6.67 Å². The van der Waals surface area contributed by atoms with Gasteiger partial charge in [-0.2, -0.15) is 0 Å². The molecule has 0 atom stereocenters. The van der Waals surface area contributed by atoms with Gasteiger partial charge >= 0.3 is 5.97 Å². The van der Waals surface area contributed by atoms with Crippen molar-refractivity contribution in [2.24, 2.45) is 0 Å². The van der Waals surface area contributed by atoms with Gasteiger partial charge < -0.3 is 14.2 Å². The molecule has 0 radical (unpaired) electrons. The molecule has 0 aromatic heterocycles. The van der Waals surface area contributed by atoms with Crippen LogP contribution in [0.15, 0.2) is 0 Å². The molecule has 0 fully saturated rings. The predicted octanol–water partition coefficient (Wildman–Crippen LogP) is 0.118. The first-order chi connectivity index (χ1) is 5.16. The minimum Gasteiger partial charge on any atom is -0.465 e. The first kappa shape index (κ1) is 10.3. The van der Waals surface area contributed by atoms with Gasteiger partial charge in [-0.25, -0.2) is 9.18 Å². The van der Waals surface area contributed by atoms with E-state index in [0.29, 0.717) is 0 Å². The Morgan fingerprint density at radius 1 is 1.36 bits per heavy atom. The Bertz CT molecular complexity index is 124. The van der Waals surface area contributed by atoms with Gasteiger partial charge in [-0.1, -0.05) is 0 Å². The number of carbonyl (C=O) groups excluding carboxylic acids is 1. The number of hydrogen-bond donors (Lipinski definition) is 0. The van der Waals surface area contributed by atoms with E-state index >= 15 is 0 Å². The Labute approximate surface area is 64.2 Å². The number of hydrogen-bond acceptors (Lipinski definition) is 4. The molecule has 5 heteroatoms. The van der Waals surface area contributed by atoms with Gasteiger partial charge in [-0.3, -0.25) is 0 Å². The molecule has 4 nitrogen and oxygen atoms in total. The van der Waals surface area contributed by atoms with Gasteiger partial charge in [-0.15, -0.1) is 0 Å². The number of alkyl halides is 1. The second kappa shape index (κ2) is 4.25. The summed E-state index contributed by atoms with van der Waals surface area (Å²) >= 11 is 0. The highest BCUT2D eigenvalue weighted by molar-refractivity contribution is 5.77. The van der Waals surface area contributed by atoms with Crippen LogP contribution in [0.1, 0.15) is 0 Å². The van der Waals surface area contributed by atoms with Crippen LogP contribution in [-0.4, -0.2) is 39.8 Å². The highest BCUT2D eigenvalue weighted by Crippen LogP contribution is 2.13. The zero-order valence-corrected chi connectivity index (χ0v) is 6.72. The fourth-order valence-corrected chi connectivity index (χ4v) is 0.569. The van der Waals surface area contributed by atoms with Crippen LogP contribution in [0.25, 0.3) is 0 Å². The number of rotatable bonds is 4. The molecule has 0 aromatic rings. The first-order valence-corrected chi connectivity index (χ1v) is 2.91. The van der Waals surface area contributed by atoms with Gasteiger partial charge in [0.05, 0.1) is 7.11 Å². The number of carbonyl (C=O) groups is 1. The molecule has 0 aliphatic rings. The van der Waals surface area contributed by atoms with Crippen molar-refractivity contribution in [2.75, 3.05) is 28.0 Å². The second-order valence-corrected chi connectivity index (χ2v) is 1.79. The molecule has 0 rings (SSSR count). The topological polar surface area (TPSA) is 44.8 Å². The first-order valence-electron chi connectivity index (χ1n) is 2.91. The van der Waals surface area contributed by atoms with Gasteiger partial charge in [-0.05, 0) is 0 Å². The lowest BCUT2D eigenvalue weighted by Crippen LogP contribution is -2.45. The quantitative estimate of drug-likeness (QED) is 0.439. The van der Waals surface area contributed by atoms with Crippen LogP contribution < -0.4 is 0 Å². The number of methoxy groups -OCH3 is 3. The molecule has 0 unspecified atom stereocenters. The Kier molecular flexibility index (Phi) is 3.99. The molecule has 0 heterocycles. The Morgan fingerprint density at radius 2 is 1.82 bits per heavy atom. The van der Waals surface area contributed by atoms with Crippen LogP contribution in [0.5, 0.6) is 0 Å². The monoisotopic (exact) mass is 166 g/mol. The normalized spacial score (nSPS) is 11.3. The van der Waals surface area contributed by atoms with Crippen LogP contribution in [0.4, 0.5) is 4.39 Å². The lowest BCUT2D eigenvalue weighted by atomic mass is 10.3. The third-order valence-corrected chi connectivity index (χ3v) is 1.33. The molecule has 0 N–H and O–H groups in total. The maximum Gasteiger partial charge on any atom is 0.369 e. The van der Waals surface area contributed by atoms with Gasteiger partial charge in [0.2, 0.25) is 0 Å². The maximum atomic E-state index is 12.2. The standard InChI is InChI=1S/C6H11FO4/c1-9-5(8)6(4-7,10-2)11-3/h4H2,1-3H3. The SMILES string of the molecule is COC(=O)C(CF)(OC)OC. The van der Waals surface area contributed by atoms with Gasteiger partial charge in [0.1, 0.15) is 0 Å². The summed E-state index contributed by atoms with van der Waals surface area (Å²) in [6, 6.07) is 0. The minimum atomic E-state index is -1.89. The van der Waals surface area contributed by atoms with E-state index in [1.807, 2.05) is 0 Å². The molecule has 0 aliphatic heterocycles. The molecule has 0 spiro atoms. The predicted molar refractivity (Wildman–Crippen MR) is 34.7 cm³/mol. The van der Waals surface area contributed by atoms with Crippen LogP contribution in [0, 0.1) is 0 Å². The zero-order valence-electron chi connectivity index (χ0n) is 6.72. The lowest BCUT2D eigenvalue weighted by molar-refractivity contribution is -0.232. The van der Waals surface area contributed by atoms with Gasteiger partial charge in [0, 0.05) is 14.2 Å². The zero-order chi connectivity index (χ0) is 8.91. The summed E-state index contributed by atoms with van der Waals surface area (Å²) in [5.74, 6) is -2.78. The maximum absolute atomic E-state index is 12.2. The average molecular weight is 166 g/mol. The smallest absolute Gasteiger partial charge is 0.369 e. The number of halogens is 1. The Hall–Kier alpha value is -0.680. The van der Waals surface area contributed by atoms with Crippen molar-refractivity contribution in [3.05, 3.63) is 0 Å². The van der Waals surface area contributed by atoms with Gasteiger partial charge in [0.25, 0.3) is 5.79 Å². The molecule has 0 saturated heterocycles. The van der Waals surface area contributed by atoms with E-state index in [9.17, 15) is 9.18 Å². The van der Waals surface area contributed by atoms with Crippen molar-refractivity contribution in [3.8, 4) is 0 Å². The molecule has 11 heavy (non-hydrogen) atoms. The van der Waals surface area contributed by atoms with Crippen molar-refractivity contribution in [1.82, 2.24) is 0 Å². The Balaban J connectivity index is 4.39. The summed E-state index contributed by atoms with van der Waals surface area (Å²) < 4.78 is 25.5. The van der Waals surface area contributed by atoms with E-state index in [2.05, 4.69) is 14.2 Å². The molecular weight excluding hydrogens is 155 g/mol. The number of ether oxygens (including phenoxy) is 3. The molecule has 0 aliphatic carbocycles. The van der Waals surface area contributed by atoms with Crippen LogP contribution in [-0.2, 0) is 19.0 Å². The molecule has 0 amide bonds.